The highest BCUT2D eigenvalue weighted by Crippen LogP contribution is 2.49. The normalized spacial score (nSPS) is 24.7. The smallest absolute Gasteiger partial charge is 0.311 e. The summed E-state index contributed by atoms with van der Waals surface area (Å²) in [6.45, 7) is 5.34. The molecule has 1 saturated heterocycles. The molecule has 3 rings (SSSR count). The lowest BCUT2D eigenvalue weighted by molar-refractivity contribution is -0.141. The van der Waals surface area contributed by atoms with Crippen molar-refractivity contribution in [3.05, 3.63) is 35.6 Å². The summed E-state index contributed by atoms with van der Waals surface area (Å²) in [6, 6.07) is 6.49. The Morgan fingerprint density at radius 2 is 1.97 bits per heavy atom. The van der Waals surface area contributed by atoms with Gasteiger partial charge in [0, 0.05) is 24.3 Å². The Hall–Kier alpha value is -2.01. The minimum atomic E-state index is -0.0826. The molecule has 1 fully saturated rings. The summed E-state index contributed by atoms with van der Waals surface area (Å²) in [5, 5.41) is 0. The molecular weight excluding hydrogens is 378 g/mol. The first-order valence-corrected chi connectivity index (χ1v) is 11.3. The number of esters is 1. The quantitative estimate of drug-likeness (QED) is 0.526. The van der Waals surface area contributed by atoms with Crippen molar-refractivity contribution in [1.82, 2.24) is 4.90 Å². The molecule has 5 heteroatoms. The van der Waals surface area contributed by atoms with Crippen molar-refractivity contribution in [2.24, 2.45) is 5.92 Å². The van der Waals surface area contributed by atoms with Gasteiger partial charge in [-0.1, -0.05) is 39.2 Å². The van der Waals surface area contributed by atoms with Crippen molar-refractivity contribution in [2.75, 3.05) is 27.8 Å². The summed E-state index contributed by atoms with van der Waals surface area (Å²) in [5.41, 5.74) is 1.28. The van der Waals surface area contributed by atoms with E-state index >= 15 is 0 Å². The summed E-state index contributed by atoms with van der Waals surface area (Å²) < 4.78 is 16.8. The first kappa shape index (κ1) is 22.7. The molecule has 166 valence electrons. The number of likely N-dealkylation sites (N-methyl/N-ethyl adjacent to an activating group) is 1. The molecule has 1 aliphatic heterocycles. The Morgan fingerprint density at radius 1 is 1.20 bits per heavy atom. The Morgan fingerprint density at radius 3 is 2.63 bits per heavy atom. The Kier molecular flexibility index (Phi) is 7.45. The molecule has 0 aromatic heterocycles. The van der Waals surface area contributed by atoms with Crippen LogP contribution in [0.4, 0.5) is 0 Å². The van der Waals surface area contributed by atoms with E-state index in [0.717, 1.165) is 62.3 Å². The van der Waals surface area contributed by atoms with E-state index in [-0.39, 0.29) is 17.4 Å². The first-order chi connectivity index (χ1) is 14.5. The molecule has 0 radical (unpaired) electrons. The fourth-order valence-corrected chi connectivity index (χ4v) is 5.22. The molecule has 1 aromatic rings. The molecule has 0 amide bonds. The van der Waals surface area contributed by atoms with Gasteiger partial charge in [-0.3, -0.25) is 9.69 Å². The van der Waals surface area contributed by atoms with E-state index < -0.39 is 0 Å². The van der Waals surface area contributed by atoms with Crippen molar-refractivity contribution < 1.29 is 19.0 Å². The molecule has 1 aromatic carbocycles. The lowest BCUT2D eigenvalue weighted by Crippen LogP contribution is -2.42. The van der Waals surface area contributed by atoms with Gasteiger partial charge >= 0.3 is 5.97 Å². The van der Waals surface area contributed by atoms with Crippen LogP contribution in [0.5, 0.6) is 11.5 Å². The number of likely N-dealkylation sites (tertiary alicyclic amines) is 1. The third-order valence-corrected chi connectivity index (χ3v) is 7.05. The van der Waals surface area contributed by atoms with Crippen LogP contribution in [0.15, 0.2) is 30.0 Å². The van der Waals surface area contributed by atoms with E-state index in [9.17, 15) is 4.79 Å². The number of allylic oxidation sites excluding steroid dienone is 1. The molecular formula is C25H37NO4. The topological polar surface area (TPSA) is 48.0 Å². The fraction of sp³-hybridized carbons (Fsp3) is 0.640. The van der Waals surface area contributed by atoms with Gasteiger partial charge in [0.05, 0.1) is 14.2 Å². The largest absolute Gasteiger partial charge is 0.493 e. The van der Waals surface area contributed by atoms with Crippen LogP contribution in [0.3, 0.4) is 0 Å². The lowest BCUT2D eigenvalue weighted by atomic mass is 9.68. The highest BCUT2D eigenvalue weighted by molar-refractivity contribution is 5.71. The summed E-state index contributed by atoms with van der Waals surface area (Å²) in [5.74, 6) is 2.69. The second kappa shape index (κ2) is 9.86. The van der Waals surface area contributed by atoms with Crippen LogP contribution in [-0.2, 0) is 14.9 Å². The van der Waals surface area contributed by atoms with Crippen molar-refractivity contribution in [3.8, 4) is 11.5 Å². The second-order valence-electron chi connectivity index (χ2n) is 8.78. The maximum Gasteiger partial charge on any atom is 0.311 e. The van der Waals surface area contributed by atoms with Crippen LogP contribution < -0.4 is 9.47 Å². The van der Waals surface area contributed by atoms with Gasteiger partial charge in [0.25, 0.3) is 0 Å². The fourth-order valence-electron chi connectivity index (χ4n) is 5.22. The Balaban J connectivity index is 1.80. The first-order valence-electron chi connectivity index (χ1n) is 11.3. The van der Waals surface area contributed by atoms with Crippen molar-refractivity contribution in [2.45, 2.75) is 70.3 Å². The molecule has 0 spiro atoms. The van der Waals surface area contributed by atoms with E-state index in [1.807, 2.05) is 6.07 Å². The maximum atomic E-state index is 12.5. The number of carbonyl (C=O) groups excluding carboxylic acids is 1. The zero-order valence-electron chi connectivity index (χ0n) is 19.2. The number of carbonyl (C=O) groups is 1. The Labute approximate surface area is 181 Å². The van der Waals surface area contributed by atoms with Gasteiger partial charge in [-0.25, -0.2) is 0 Å². The molecule has 30 heavy (non-hydrogen) atoms. The van der Waals surface area contributed by atoms with Crippen LogP contribution in [-0.4, -0.2) is 44.7 Å². The van der Waals surface area contributed by atoms with Crippen LogP contribution in [0, 0.1) is 5.92 Å². The van der Waals surface area contributed by atoms with E-state index in [2.05, 4.69) is 44.0 Å². The van der Waals surface area contributed by atoms with Gasteiger partial charge in [-0.2, -0.15) is 0 Å². The van der Waals surface area contributed by atoms with Gasteiger partial charge in [0.1, 0.15) is 5.76 Å². The van der Waals surface area contributed by atoms with Crippen LogP contribution >= 0.6 is 0 Å². The molecule has 0 bridgehead atoms. The Bertz CT molecular complexity index is 774. The average Bonchev–Trinajstić information content (AvgIpc) is 3.10. The van der Waals surface area contributed by atoms with Crippen molar-refractivity contribution in [1.29, 1.82) is 0 Å². The van der Waals surface area contributed by atoms with Gasteiger partial charge in [-0.05, 0) is 56.1 Å². The standard InChI is InChI=1S/C25H37NO4/c1-6-8-18(7-2)15-24(27)30-20-11-12-25(13-14-26(3)23(25)17-20)19-9-10-21(28-4)22(16-19)29-5/h9-10,16-18,23H,6-8,11-15H2,1-5H3. The maximum absolute atomic E-state index is 12.5. The number of benzene rings is 1. The van der Waals surface area contributed by atoms with E-state index in [1.54, 1.807) is 14.2 Å². The zero-order chi connectivity index (χ0) is 21.7. The van der Waals surface area contributed by atoms with Gasteiger partial charge in [0.15, 0.2) is 11.5 Å². The van der Waals surface area contributed by atoms with Gasteiger partial charge in [0.2, 0.25) is 0 Å². The number of hydrogen-bond donors (Lipinski definition) is 0. The molecule has 1 heterocycles. The van der Waals surface area contributed by atoms with Crippen LogP contribution in [0.25, 0.3) is 0 Å². The van der Waals surface area contributed by atoms with Crippen LogP contribution in [0.1, 0.15) is 64.4 Å². The zero-order valence-corrected chi connectivity index (χ0v) is 19.2. The number of fused-ring (bicyclic) bond motifs is 1. The van der Waals surface area contributed by atoms with Gasteiger partial charge in [-0.15, -0.1) is 0 Å². The number of ether oxygens (including phenoxy) is 3. The number of nitrogens with zero attached hydrogens (tertiary/aromatic N) is 1. The minimum Gasteiger partial charge on any atom is -0.493 e. The summed E-state index contributed by atoms with van der Waals surface area (Å²) in [7, 11) is 5.50. The average molecular weight is 416 g/mol. The third-order valence-electron chi connectivity index (χ3n) is 7.05. The molecule has 3 unspecified atom stereocenters. The predicted molar refractivity (Wildman–Crippen MR) is 119 cm³/mol. The van der Waals surface area contributed by atoms with Crippen molar-refractivity contribution in [3.63, 3.8) is 0 Å². The SMILES string of the molecule is CCCC(CC)CC(=O)OC1=CC2N(C)CCC2(c2ccc(OC)c(OC)c2)CC1. The second-order valence-corrected chi connectivity index (χ2v) is 8.78. The minimum absolute atomic E-state index is 0.0123. The van der Waals surface area contributed by atoms with Crippen LogP contribution in [0.2, 0.25) is 0 Å². The predicted octanol–water partition coefficient (Wildman–Crippen LogP) is 5.08. The third kappa shape index (κ3) is 4.51. The van der Waals surface area contributed by atoms with Crippen molar-refractivity contribution >= 4 is 5.97 Å². The van der Waals surface area contributed by atoms with E-state index in [1.165, 1.54) is 5.56 Å². The number of rotatable bonds is 9. The van der Waals surface area contributed by atoms with E-state index in [4.69, 9.17) is 14.2 Å². The molecule has 0 saturated carbocycles. The summed E-state index contributed by atoms with van der Waals surface area (Å²) >= 11 is 0. The summed E-state index contributed by atoms with van der Waals surface area (Å²) in [6.07, 6.45) is 8.74. The number of methoxy groups -OCH3 is 2. The lowest BCUT2D eigenvalue weighted by Gasteiger charge is -2.40. The molecule has 5 nitrogen and oxygen atoms in total. The summed E-state index contributed by atoms with van der Waals surface area (Å²) in [4.78, 5) is 14.9. The highest BCUT2D eigenvalue weighted by atomic mass is 16.5. The highest BCUT2D eigenvalue weighted by Gasteiger charge is 2.48. The van der Waals surface area contributed by atoms with Gasteiger partial charge < -0.3 is 14.2 Å². The molecule has 1 aliphatic carbocycles. The number of hydrogen-bond acceptors (Lipinski definition) is 5. The monoisotopic (exact) mass is 415 g/mol. The van der Waals surface area contributed by atoms with E-state index in [0.29, 0.717) is 12.3 Å². The molecule has 3 atom stereocenters. The molecule has 2 aliphatic rings. The molecule has 0 N–H and O–H groups in total.